The summed E-state index contributed by atoms with van der Waals surface area (Å²) in [5.74, 6) is -0.853. The number of H-pyrrole nitrogens is 1. The SMILES string of the molecule is O=C(O)CNC1(c2ccc(-c3nc4ccn5c(=O)[nH]nc5c4cc3-c3ccccc3)cc2)CCC1. The van der Waals surface area contributed by atoms with Crippen LogP contribution in [0.3, 0.4) is 0 Å². The molecule has 0 amide bonds. The van der Waals surface area contributed by atoms with Crippen molar-refractivity contribution < 1.29 is 9.90 Å². The van der Waals surface area contributed by atoms with E-state index < -0.39 is 5.97 Å². The molecule has 3 N–H and O–H groups in total. The van der Waals surface area contributed by atoms with Gasteiger partial charge < -0.3 is 5.11 Å². The second-order valence-electron chi connectivity index (χ2n) is 8.98. The highest BCUT2D eigenvalue weighted by Gasteiger charge is 2.38. The fourth-order valence-electron chi connectivity index (χ4n) is 4.96. The van der Waals surface area contributed by atoms with Crippen molar-refractivity contribution in [3.8, 4) is 22.4 Å². The van der Waals surface area contributed by atoms with Crippen LogP contribution < -0.4 is 11.0 Å². The fraction of sp³-hybridized carbons (Fsp3) is 0.185. The van der Waals surface area contributed by atoms with E-state index in [0.717, 1.165) is 58.1 Å². The number of carbonyl (C=O) groups is 1. The van der Waals surface area contributed by atoms with Gasteiger partial charge in [-0.2, -0.15) is 5.10 Å². The van der Waals surface area contributed by atoms with E-state index in [2.05, 4.69) is 39.8 Å². The molecule has 1 aliphatic carbocycles. The van der Waals surface area contributed by atoms with Crippen LogP contribution in [-0.4, -0.2) is 37.2 Å². The molecule has 5 aromatic rings. The largest absolute Gasteiger partial charge is 0.480 e. The Morgan fingerprint density at radius 1 is 1.06 bits per heavy atom. The molecule has 2 aromatic carbocycles. The lowest BCUT2D eigenvalue weighted by Gasteiger charge is -2.43. The maximum absolute atomic E-state index is 12.1. The molecule has 0 bridgehead atoms. The molecule has 0 radical (unpaired) electrons. The molecule has 0 spiro atoms. The molecule has 0 saturated heterocycles. The van der Waals surface area contributed by atoms with Gasteiger partial charge in [0.2, 0.25) is 0 Å². The molecule has 8 nitrogen and oxygen atoms in total. The Kier molecular flexibility index (Phi) is 4.96. The summed E-state index contributed by atoms with van der Waals surface area (Å²) in [5.41, 5.74) is 5.55. The van der Waals surface area contributed by atoms with Crippen LogP contribution >= 0.6 is 0 Å². The maximum atomic E-state index is 12.1. The topological polar surface area (TPSA) is 112 Å². The summed E-state index contributed by atoms with van der Waals surface area (Å²) >= 11 is 0. The smallest absolute Gasteiger partial charge is 0.347 e. The van der Waals surface area contributed by atoms with Crippen molar-refractivity contribution in [1.29, 1.82) is 0 Å². The van der Waals surface area contributed by atoms with Gasteiger partial charge in [0.05, 0.1) is 17.8 Å². The van der Waals surface area contributed by atoms with E-state index in [-0.39, 0.29) is 17.8 Å². The van der Waals surface area contributed by atoms with Gasteiger partial charge in [-0.15, -0.1) is 0 Å². The van der Waals surface area contributed by atoms with Gasteiger partial charge in [0.25, 0.3) is 0 Å². The van der Waals surface area contributed by atoms with Gasteiger partial charge in [0, 0.05) is 28.2 Å². The number of fused-ring (bicyclic) bond motifs is 3. The number of hydrogen-bond acceptors (Lipinski definition) is 5. The van der Waals surface area contributed by atoms with E-state index in [0.29, 0.717) is 5.65 Å². The van der Waals surface area contributed by atoms with Gasteiger partial charge in [-0.05, 0) is 42.5 Å². The van der Waals surface area contributed by atoms with E-state index in [9.17, 15) is 9.59 Å². The van der Waals surface area contributed by atoms with Crippen molar-refractivity contribution in [3.63, 3.8) is 0 Å². The zero-order chi connectivity index (χ0) is 24.0. The minimum atomic E-state index is -0.853. The zero-order valence-electron chi connectivity index (χ0n) is 18.9. The van der Waals surface area contributed by atoms with Crippen molar-refractivity contribution in [2.45, 2.75) is 24.8 Å². The molecule has 0 atom stereocenters. The lowest BCUT2D eigenvalue weighted by Crippen LogP contribution is -2.49. The quantitative estimate of drug-likeness (QED) is 0.350. The van der Waals surface area contributed by atoms with E-state index in [1.807, 2.05) is 42.5 Å². The molecule has 3 heterocycles. The molecule has 6 rings (SSSR count). The Hall–Kier alpha value is -4.30. The summed E-state index contributed by atoms with van der Waals surface area (Å²) in [5, 5.41) is 19.9. The number of nitrogens with one attached hydrogen (secondary N) is 2. The minimum absolute atomic E-state index is 0.0586. The Morgan fingerprint density at radius 3 is 2.51 bits per heavy atom. The van der Waals surface area contributed by atoms with E-state index in [4.69, 9.17) is 10.1 Å². The fourth-order valence-corrected chi connectivity index (χ4v) is 4.96. The molecular formula is C27H23N5O3. The molecule has 1 fully saturated rings. The Morgan fingerprint density at radius 2 is 1.83 bits per heavy atom. The molecule has 1 saturated carbocycles. The third kappa shape index (κ3) is 3.59. The standard InChI is InChI=1S/C27H23N5O3/c33-23(34)16-28-27(12-4-13-27)19-9-7-18(8-10-19)24-20(17-5-2-1-3-6-17)15-21-22(29-24)11-14-32-25(21)30-31-26(32)35/h1-3,5-11,14-15,28H,4,12-13,16H2,(H,31,35)(H,33,34). The summed E-state index contributed by atoms with van der Waals surface area (Å²) in [6.07, 6.45) is 4.59. The van der Waals surface area contributed by atoms with Gasteiger partial charge in [-0.25, -0.2) is 19.3 Å². The first-order valence-electron chi connectivity index (χ1n) is 11.6. The number of carboxylic acid groups (broad SMARTS) is 1. The average Bonchev–Trinajstić information content (AvgIpc) is 3.24. The molecule has 1 aliphatic rings. The summed E-state index contributed by atoms with van der Waals surface area (Å²) in [7, 11) is 0. The maximum Gasteiger partial charge on any atom is 0.347 e. The van der Waals surface area contributed by atoms with Crippen LogP contribution in [0.1, 0.15) is 24.8 Å². The highest BCUT2D eigenvalue weighted by Crippen LogP contribution is 2.42. The summed E-state index contributed by atoms with van der Waals surface area (Å²) in [4.78, 5) is 28.2. The summed E-state index contributed by atoms with van der Waals surface area (Å²) in [6, 6.07) is 22.1. The van der Waals surface area contributed by atoms with Crippen molar-refractivity contribution >= 4 is 22.5 Å². The lowest BCUT2D eigenvalue weighted by molar-refractivity contribution is -0.136. The lowest BCUT2D eigenvalue weighted by atomic mass is 9.71. The van der Waals surface area contributed by atoms with Crippen LogP contribution in [0.2, 0.25) is 0 Å². The number of nitrogens with zero attached hydrogens (tertiary/aromatic N) is 3. The number of aliphatic carboxylic acids is 1. The van der Waals surface area contributed by atoms with Gasteiger partial charge in [-0.1, -0.05) is 54.6 Å². The first-order chi connectivity index (χ1) is 17.0. The van der Waals surface area contributed by atoms with E-state index in [1.54, 1.807) is 6.20 Å². The number of pyridine rings is 2. The number of rotatable bonds is 6. The molecule has 0 aliphatic heterocycles. The zero-order valence-corrected chi connectivity index (χ0v) is 18.9. The van der Waals surface area contributed by atoms with Crippen LogP contribution in [0, 0.1) is 0 Å². The number of benzene rings is 2. The Bertz CT molecular complexity index is 1620. The average molecular weight is 466 g/mol. The van der Waals surface area contributed by atoms with Gasteiger partial charge in [-0.3, -0.25) is 10.1 Å². The Labute approximate surface area is 200 Å². The van der Waals surface area contributed by atoms with Crippen molar-refractivity contribution in [1.82, 2.24) is 24.9 Å². The van der Waals surface area contributed by atoms with Crippen LogP contribution in [0.25, 0.3) is 38.9 Å². The van der Waals surface area contributed by atoms with E-state index in [1.165, 1.54) is 4.40 Å². The van der Waals surface area contributed by atoms with E-state index >= 15 is 0 Å². The molecule has 0 unspecified atom stereocenters. The Balaban J connectivity index is 1.49. The van der Waals surface area contributed by atoms with Crippen molar-refractivity contribution in [2.24, 2.45) is 0 Å². The van der Waals surface area contributed by atoms with Crippen molar-refractivity contribution in [2.75, 3.05) is 6.54 Å². The first-order valence-corrected chi connectivity index (χ1v) is 11.6. The number of hydrogen-bond donors (Lipinski definition) is 3. The van der Waals surface area contributed by atoms with Crippen molar-refractivity contribution in [3.05, 3.63) is 89.0 Å². The molecule has 8 heteroatoms. The predicted molar refractivity (Wildman–Crippen MR) is 133 cm³/mol. The van der Waals surface area contributed by atoms with Crippen LogP contribution in [-0.2, 0) is 10.3 Å². The molecule has 3 aromatic heterocycles. The second-order valence-corrected chi connectivity index (χ2v) is 8.98. The molecule has 174 valence electrons. The monoisotopic (exact) mass is 465 g/mol. The number of aromatic nitrogens is 4. The van der Waals surface area contributed by atoms with Gasteiger partial charge >= 0.3 is 11.7 Å². The third-order valence-electron chi connectivity index (χ3n) is 6.96. The third-order valence-corrected chi connectivity index (χ3v) is 6.96. The van der Waals surface area contributed by atoms with Gasteiger partial charge in [0.15, 0.2) is 5.65 Å². The predicted octanol–water partition coefficient (Wildman–Crippen LogP) is 3.96. The first kappa shape index (κ1) is 21.2. The van der Waals surface area contributed by atoms with Crippen LogP contribution in [0.4, 0.5) is 0 Å². The number of aromatic amines is 1. The van der Waals surface area contributed by atoms with Crippen LogP contribution in [0.15, 0.2) is 77.7 Å². The minimum Gasteiger partial charge on any atom is -0.480 e. The second kappa shape index (κ2) is 8.18. The highest BCUT2D eigenvalue weighted by molar-refractivity contribution is 5.98. The van der Waals surface area contributed by atoms with Crippen LogP contribution in [0.5, 0.6) is 0 Å². The molecular weight excluding hydrogens is 442 g/mol. The highest BCUT2D eigenvalue weighted by atomic mass is 16.4. The van der Waals surface area contributed by atoms with Gasteiger partial charge in [0.1, 0.15) is 0 Å². The molecule has 35 heavy (non-hydrogen) atoms. The summed E-state index contributed by atoms with van der Waals surface area (Å²) < 4.78 is 1.48. The normalized spacial score (nSPS) is 14.7. The summed E-state index contributed by atoms with van der Waals surface area (Å²) in [6.45, 7) is -0.0586. The number of carboxylic acids is 1.